The van der Waals surface area contributed by atoms with Crippen molar-refractivity contribution in [2.45, 2.75) is 44.1 Å². The fourth-order valence-corrected chi connectivity index (χ4v) is 6.04. The molecular weight excluding hydrogens is 445 g/mol. The molecule has 0 amide bonds. The lowest BCUT2D eigenvalue weighted by molar-refractivity contribution is 0.0305. The number of para-hydroxylation sites is 1. The number of likely N-dealkylation sites (tertiary alicyclic amines) is 1. The van der Waals surface area contributed by atoms with Crippen molar-refractivity contribution in [3.63, 3.8) is 0 Å². The molecule has 0 radical (unpaired) electrons. The van der Waals surface area contributed by atoms with E-state index in [1.54, 1.807) is 44.2 Å². The minimum absolute atomic E-state index is 0.159. The van der Waals surface area contributed by atoms with Gasteiger partial charge in [0.15, 0.2) is 5.78 Å². The molecule has 0 atom stereocenters. The normalized spacial score (nSPS) is 16.0. The summed E-state index contributed by atoms with van der Waals surface area (Å²) in [6.07, 6.45) is 0.850. The maximum Gasteiger partial charge on any atom is 0.238 e. The van der Waals surface area contributed by atoms with Crippen LogP contribution in [0.15, 0.2) is 48.5 Å². The van der Waals surface area contributed by atoms with Crippen LogP contribution in [0.1, 0.15) is 42.6 Å². The Hall–Kier alpha value is -2.33. The smallest absolute Gasteiger partial charge is 0.238 e. The standard InChI is InChI=1S/C24H32FN3O4S/c1-24(2,30)17-27-12-10-21(11-13-27)33(31,32)28(20-6-4-3-5-7-20)16-19-9-8-18(14-22(19)25)23(29)15-26/h3-9,14,21,30H,10-13,15-17,26H2,1-2H3. The molecule has 3 rings (SSSR count). The summed E-state index contributed by atoms with van der Waals surface area (Å²) in [4.78, 5) is 13.8. The average molecular weight is 478 g/mol. The topological polar surface area (TPSA) is 104 Å². The zero-order chi connectivity index (χ0) is 24.2. The largest absolute Gasteiger partial charge is 0.389 e. The number of rotatable bonds is 9. The fourth-order valence-electron chi connectivity index (χ4n) is 4.14. The van der Waals surface area contributed by atoms with Gasteiger partial charge in [0.2, 0.25) is 10.0 Å². The van der Waals surface area contributed by atoms with Crippen LogP contribution in [-0.2, 0) is 16.6 Å². The molecule has 0 unspecified atom stereocenters. The van der Waals surface area contributed by atoms with Crippen LogP contribution in [0.4, 0.5) is 10.1 Å². The molecule has 3 N–H and O–H groups in total. The van der Waals surface area contributed by atoms with E-state index in [4.69, 9.17) is 5.73 Å². The first-order chi connectivity index (χ1) is 15.5. The number of piperidine rings is 1. The summed E-state index contributed by atoms with van der Waals surface area (Å²) in [5.41, 5.74) is 5.30. The molecule has 180 valence electrons. The van der Waals surface area contributed by atoms with Crippen molar-refractivity contribution >= 4 is 21.5 Å². The van der Waals surface area contributed by atoms with E-state index in [1.807, 2.05) is 0 Å². The van der Waals surface area contributed by atoms with E-state index < -0.39 is 26.7 Å². The fraction of sp³-hybridized carbons (Fsp3) is 0.458. The van der Waals surface area contributed by atoms with Crippen molar-refractivity contribution in [2.24, 2.45) is 5.73 Å². The van der Waals surface area contributed by atoms with Crippen LogP contribution >= 0.6 is 0 Å². The van der Waals surface area contributed by atoms with Gasteiger partial charge in [-0.05, 0) is 58.0 Å². The Morgan fingerprint density at radius 3 is 2.36 bits per heavy atom. The Kier molecular flexibility index (Phi) is 7.89. The molecule has 1 fully saturated rings. The van der Waals surface area contributed by atoms with Crippen LogP contribution in [0, 0.1) is 5.82 Å². The first-order valence-electron chi connectivity index (χ1n) is 11.0. The van der Waals surface area contributed by atoms with Crippen LogP contribution in [0.25, 0.3) is 0 Å². The first kappa shape index (κ1) is 25.3. The van der Waals surface area contributed by atoms with Gasteiger partial charge in [0.05, 0.1) is 29.6 Å². The van der Waals surface area contributed by atoms with Gasteiger partial charge in [-0.25, -0.2) is 12.8 Å². The molecule has 2 aromatic rings. The van der Waals surface area contributed by atoms with Gasteiger partial charge in [-0.1, -0.05) is 30.3 Å². The Balaban J connectivity index is 1.85. The number of benzene rings is 2. The van der Waals surface area contributed by atoms with Crippen molar-refractivity contribution in [3.8, 4) is 0 Å². The molecule has 0 aromatic heterocycles. The van der Waals surface area contributed by atoms with Gasteiger partial charge in [0.1, 0.15) is 5.82 Å². The average Bonchev–Trinajstić information content (AvgIpc) is 2.77. The molecule has 1 saturated heterocycles. The summed E-state index contributed by atoms with van der Waals surface area (Å²) in [5.74, 6) is -1.03. The van der Waals surface area contributed by atoms with Crippen LogP contribution in [-0.4, -0.2) is 61.2 Å². The molecule has 33 heavy (non-hydrogen) atoms. The van der Waals surface area contributed by atoms with Crippen LogP contribution in [0.5, 0.6) is 0 Å². The molecule has 1 aliphatic rings. The number of hydrogen-bond donors (Lipinski definition) is 2. The third kappa shape index (κ3) is 6.38. The lowest BCUT2D eigenvalue weighted by Crippen LogP contribution is -2.48. The minimum Gasteiger partial charge on any atom is -0.389 e. The van der Waals surface area contributed by atoms with Crippen molar-refractivity contribution < 1.29 is 22.7 Å². The molecule has 7 nitrogen and oxygen atoms in total. The maximum atomic E-state index is 14.8. The number of hydrogen-bond acceptors (Lipinski definition) is 6. The van der Waals surface area contributed by atoms with Crippen molar-refractivity contribution in [1.29, 1.82) is 0 Å². The second kappa shape index (κ2) is 10.3. The summed E-state index contributed by atoms with van der Waals surface area (Å²) in [5, 5.41) is 9.45. The Morgan fingerprint density at radius 2 is 1.82 bits per heavy atom. The Bertz CT molecular complexity index is 1060. The zero-order valence-electron chi connectivity index (χ0n) is 19.1. The highest BCUT2D eigenvalue weighted by Gasteiger charge is 2.36. The molecule has 1 heterocycles. The summed E-state index contributed by atoms with van der Waals surface area (Å²) in [6, 6.07) is 12.7. The van der Waals surface area contributed by atoms with Gasteiger partial charge in [0, 0.05) is 17.7 Å². The molecule has 9 heteroatoms. The number of nitrogens with two attached hydrogens (primary N) is 1. The Morgan fingerprint density at radius 1 is 1.18 bits per heavy atom. The molecular formula is C24H32FN3O4S. The number of halogens is 1. The molecule has 0 spiro atoms. The lowest BCUT2D eigenvalue weighted by atomic mass is 10.1. The van der Waals surface area contributed by atoms with Gasteiger partial charge in [-0.2, -0.15) is 0 Å². The maximum absolute atomic E-state index is 14.8. The van der Waals surface area contributed by atoms with E-state index in [0.29, 0.717) is 38.2 Å². The monoisotopic (exact) mass is 477 g/mol. The summed E-state index contributed by atoms with van der Waals surface area (Å²) >= 11 is 0. The van der Waals surface area contributed by atoms with Crippen molar-refractivity contribution in [1.82, 2.24) is 4.90 Å². The Labute approximate surface area is 195 Å². The zero-order valence-corrected chi connectivity index (χ0v) is 19.9. The predicted molar refractivity (Wildman–Crippen MR) is 127 cm³/mol. The predicted octanol–water partition coefficient (Wildman–Crippen LogP) is 2.54. The third-order valence-corrected chi connectivity index (χ3v) is 8.06. The van der Waals surface area contributed by atoms with E-state index >= 15 is 0 Å². The van der Waals surface area contributed by atoms with Gasteiger partial charge in [-0.3, -0.25) is 9.10 Å². The number of β-amino-alcohol motifs (C(OH)–C–C–N with tert-alkyl or cyclic N) is 1. The van der Waals surface area contributed by atoms with E-state index in [9.17, 15) is 22.7 Å². The second-order valence-corrected chi connectivity index (χ2v) is 11.2. The molecule has 1 aliphatic heterocycles. The number of ketones is 1. The number of carbonyl (C=O) groups is 1. The number of aliphatic hydroxyl groups is 1. The highest BCUT2D eigenvalue weighted by atomic mass is 32.2. The number of sulfonamides is 1. The minimum atomic E-state index is -3.80. The van der Waals surface area contributed by atoms with E-state index in [-0.39, 0.29) is 30.0 Å². The SMILES string of the molecule is CC(C)(O)CN1CCC(S(=O)(=O)N(Cc2ccc(C(=O)CN)cc2F)c2ccccc2)CC1. The van der Waals surface area contributed by atoms with E-state index in [1.165, 1.54) is 16.4 Å². The van der Waals surface area contributed by atoms with Crippen molar-refractivity contribution in [2.75, 3.05) is 30.5 Å². The highest BCUT2D eigenvalue weighted by Crippen LogP contribution is 2.29. The highest BCUT2D eigenvalue weighted by molar-refractivity contribution is 7.93. The molecule has 2 aromatic carbocycles. The number of anilines is 1. The van der Waals surface area contributed by atoms with Gasteiger partial charge < -0.3 is 15.7 Å². The first-order valence-corrected chi connectivity index (χ1v) is 12.5. The van der Waals surface area contributed by atoms with Gasteiger partial charge in [0.25, 0.3) is 0 Å². The number of carbonyl (C=O) groups excluding carboxylic acids is 1. The lowest BCUT2D eigenvalue weighted by Gasteiger charge is -2.37. The van der Waals surface area contributed by atoms with E-state index in [2.05, 4.69) is 4.90 Å². The summed E-state index contributed by atoms with van der Waals surface area (Å²) in [6.45, 7) is 4.64. The number of Topliss-reactive ketones (excluding diaryl/α,β-unsaturated/α-hetero) is 1. The van der Waals surface area contributed by atoms with Crippen LogP contribution in [0.3, 0.4) is 0 Å². The third-order valence-electron chi connectivity index (χ3n) is 5.79. The second-order valence-electron chi connectivity index (χ2n) is 9.11. The molecule has 0 aliphatic carbocycles. The van der Waals surface area contributed by atoms with Gasteiger partial charge in [-0.15, -0.1) is 0 Å². The van der Waals surface area contributed by atoms with Crippen molar-refractivity contribution in [3.05, 3.63) is 65.5 Å². The van der Waals surface area contributed by atoms with Crippen LogP contribution < -0.4 is 10.0 Å². The summed E-state index contributed by atoms with van der Waals surface area (Å²) in [7, 11) is -3.80. The van der Waals surface area contributed by atoms with E-state index in [0.717, 1.165) is 6.07 Å². The van der Waals surface area contributed by atoms with Gasteiger partial charge >= 0.3 is 0 Å². The molecule has 0 saturated carbocycles. The summed E-state index contributed by atoms with van der Waals surface area (Å²) < 4.78 is 43.4. The quantitative estimate of drug-likeness (QED) is 0.538. The molecule has 0 bridgehead atoms. The number of nitrogens with zero attached hydrogens (tertiary/aromatic N) is 2. The van der Waals surface area contributed by atoms with Crippen LogP contribution in [0.2, 0.25) is 0 Å².